The summed E-state index contributed by atoms with van der Waals surface area (Å²) in [6.07, 6.45) is 0. The van der Waals surface area contributed by atoms with Gasteiger partial charge >= 0.3 is 0 Å². The average molecular weight is 175 g/mol. The second-order valence-corrected chi connectivity index (χ2v) is 2.71. The van der Waals surface area contributed by atoms with Gasteiger partial charge in [-0.2, -0.15) is 5.10 Å². The highest BCUT2D eigenvalue weighted by atomic mass is 16.2. The van der Waals surface area contributed by atoms with Gasteiger partial charge < -0.3 is 5.32 Å². The van der Waals surface area contributed by atoms with Crippen molar-refractivity contribution in [2.24, 2.45) is 5.10 Å². The molecule has 1 aliphatic rings. The molecular formula is C9H9N3O. The highest BCUT2D eigenvalue weighted by Crippen LogP contribution is 1.99. The Bertz CT molecular complexity index is 345. The van der Waals surface area contributed by atoms with Crippen molar-refractivity contribution in [3.05, 3.63) is 35.9 Å². The Hall–Kier alpha value is -1.84. The average Bonchev–Trinajstić information content (AvgIpc) is 2.20. The minimum atomic E-state index is -0.111. The van der Waals surface area contributed by atoms with Crippen LogP contribution in [0.25, 0.3) is 0 Å². The SMILES string of the molecule is O=C1CNC(c2ccccc2)=NN1. The van der Waals surface area contributed by atoms with Crippen molar-refractivity contribution in [1.29, 1.82) is 0 Å². The van der Waals surface area contributed by atoms with Gasteiger partial charge in [-0.25, -0.2) is 5.43 Å². The normalized spacial score (nSPS) is 15.7. The number of nitrogens with one attached hydrogen (secondary N) is 2. The number of hydrogen-bond acceptors (Lipinski definition) is 3. The molecule has 2 N–H and O–H groups in total. The van der Waals surface area contributed by atoms with Crippen molar-refractivity contribution in [2.45, 2.75) is 0 Å². The largest absolute Gasteiger partial charge is 0.359 e. The quantitative estimate of drug-likeness (QED) is 0.634. The van der Waals surface area contributed by atoms with E-state index in [9.17, 15) is 4.79 Å². The molecule has 1 aliphatic heterocycles. The van der Waals surface area contributed by atoms with Gasteiger partial charge in [-0.1, -0.05) is 30.3 Å². The summed E-state index contributed by atoms with van der Waals surface area (Å²) < 4.78 is 0. The van der Waals surface area contributed by atoms with Crippen LogP contribution in [0.3, 0.4) is 0 Å². The van der Waals surface area contributed by atoms with Crippen molar-refractivity contribution in [1.82, 2.24) is 10.7 Å². The summed E-state index contributed by atoms with van der Waals surface area (Å²) in [5, 5.41) is 6.81. The van der Waals surface area contributed by atoms with Crippen LogP contribution in [0.1, 0.15) is 5.56 Å². The smallest absolute Gasteiger partial charge is 0.259 e. The Morgan fingerprint density at radius 3 is 2.62 bits per heavy atom. The molecule has 0 radical (unpaired) electrons. The fourth-order valence-corrected chi connectivity index (χ4v) is 1.12. The lowest BCUT2D eigenvalue weighted by molar-refractivity contribution is -0.120. The van der Waals surface area contributed by atoms with Crippen LogP contribution >= 0.6 is 0 Å². The fourth-order valence-electron chi connectivity index (χ4n) is 1.12. The van der Waals surface area contributed by atoms with Crippen molar-refractivity contribution in [2.75, 3.05) is 6.54 Å². The van der Waals surface area contributed by atoms with Crippen molar-refractivity contribution in [3.63, 3.8) is 0 Å². The maximum Gasteiger partial charge on any atom is 0.259 e. The van der Waals surface area contributed by atoms with Crippen LogP contribution < -0.4 is 10.7 Å². The Labute approximate surface area is 75.6 Å². The number of nitrogens with zero attached hydrogens (tertiary/aromatic N) is 1. The molecule has 0 aliphatic carbocycles. The van der Waals surface area contributed by atoms with Crippen LogP contribution in [0.2, 0.25) is 0 Å². The first kappa shape index (κ1) is 7.79. The molecule has 66 valence electrons. The molecule has 1 aromatic rings. The van der Waals surface area contributed by atoms with Gasteiger partial charge in [0.15, 0.2) is 5.84 Å². The molecule has 1 aromatic carbocycles. The number of carbonyl (C=O) groups is 1. The van der Waals surface area contributed by atoms with Gasteiger partial charge in [0.05, 0.1) is 6.54 Å². The Kier molecular flexibility index (Phi) is 1.96. The van der Waals surface area contributed by atoms with Gasteiger partial charge in [-0.05, 0) is 0 Å². The fraction of sp³-hybridized carbons (Fsp3) is 0.111. The molecule has 0 saturated carbocycles. The lowest BCUT2D eigenvalue weighted by atomic mass is 10.2. The minimum absolute atomic E-state index is 0.111. The zero-order valence-electron chi connectivity index (χ0n) is 6.95. The molecule has 0 fully saturated rings. The zero-order chi connectivity index (χ0) is 9.10. The highest BCUT2D eigenvalue weighted by Gasteiger charge is 2.10. The zero-order valence-corrected chi connectivity index (χ0v) is 6.95. The second-order valence-electron chi connectivity index (χ2n) is 2.71. The first-order valence-electron chi connectivity index (χ1n) is 4.02. The maximum absolute atomic E-state index is 10.8. The van der Waals surface area contributed by atoms with Crippen LogP contribution in [0.5, 0.6) is 0 Å². The van der Waals surface area contributed by atoms with E-state index in [-0.39, 0.29) is 12.5 Å². The Morgan fingerprint density at radius 1 is 1.23 bits per heavy atom. The summed E-state index contributed by atoms with van der Waals surface area (Å²) in [5.74, 6) is 0.597. The van der Waals surface area contributed by atoms with E-state index < -0.39 is 0 Å². The van der Waals surface area contributed by atoms with Crippen molar-refractivity contribution >= 4 is 11.7 Å². The molecule has 1 heterocycles. The number of hydrazone groups is 1. The van der Waals surface area contributed by atoms with E-state index in [1.807, 2.05) is 30.3 Å². The van der Waals surface area contributed by atoms with E-state index in [2.05, 4.69) is 15.8 Å². The van der Waals surface area contributed by atoms with E-state index in [1.54, 1.807) is 0 Å². The molecule has 0 aromatic heterocycles. The van der Waals surface area contributed by atoms with Crippen LogP contribution in [-0.2, 0) is 4.79 Å². The van der Waals surface area contributed by atoms with Gasteiger partial charge in [0, 0.05) is 5.56 Å². The van der Waals surface area contributed by atoms with E-state index in [0.29, 0.717) is 5.84 Å². The molecular weight excluding hydrogens is 166 g/mol. The van der Waals surface area contributed by atoms with Gasteiger partial charge in [0.2, 0.25) is 0 Å². The molecule has 0 atom stereocenters. The van der Waals surface area contributed by atoms with Crippen LogP contribution in [0.4, 0.5) is 0 Å². The molecule has 0 unspecified atom stereocenters. The first-order valence-corrected chi connectivity index (χ1v) is 4.02. The third kappa shape index (κ3) is 1.66. The number of rotatable bonds is 1. The third-order valence-electron chi connectivity index (χ3n) is 1.76. The highest BCUT2D eigenvalue weighted by molar-refractivity contribution is 6.02. The van der Waals surface area contributed by atoms with Gasteiger partial charge in [-0.3, -0.25) is 4.79 Å². The number of amidine groups is 1. The van der Waals surface area contributed by atoms with Gasteiger partial charge in [0.25, 0.3) is 5.91 Å². The number of amides is 1. The predicted molar refractivity (Wildman–Crippen MR) is 49.1 cm³/mol. The molecule has 1 amide bonds. The van der Waals surface area contributed by atoms with Crippen molar-refractivity contribution in [3.8, 4) is 0 Å². The standard InChI is InChI=1S/C9H9N3O/c13-8-6-10-9(12-11-8)7-4-2-1-3-5-7/h1-5H,6H2,(H,10,12)(H,11,13). The van der Waals surface area contributed by atoms with Gasteiger partial charge in [0.1, 0.15) is 0 Å². The van der Waals surface area contributed by atoms with E-state index in [4.69, 9.17) is 0 Å². The Morgan fingerprint density at radius 2 is 2.00 bits per heavy atom. The minimum Gasteiger partial charge on any atom is -0.359 e. The lowest BCUT2D eigenvalue weighted by Crippen LogP contribution is -2.42. The summed E-state index contributed by atoms with van der Waals surface area (Å²) in [6.45, 7) is 0.285. The maximum atomic E-state index is 10.8. The molecule has 4 heteroatoms. The monoisotopic (exact) mass is 175 g/mol. The number of carbonyl (C=O) groups excluding carboxylic acids is 1. The third-order valence-corrected chi connectivity index (χ3v) is 1.76. The molecule has 2 rings (SSSR count). The topological polar surface area (TPSA) is 53.5 Å². The van der Waals surface area contributed by atoms with Crippen molar-refractivity contribution < 1.29 is 4.79 Å². The van der Waals surface area contributed by atoms with E-state index in [1.165, 1.54) is 0 Å². The first-order chi connectivity index (χ1) is 6.36. The summed E-state index contributed by atoms with van der Waals surface area (Å²) >= 11 is 0. The molecule has 0 bridgehead atoms. The van der Waals surface area contributed by atoms with Crippen LogP contribution in [-0.4, -0.2) is 18.3 Å². The van der Waals surface area contributed by atoms with E-state index >= 15 is 0 Å². The lowest BCUT2D eigenvalue weighted by Gasteiger charge is -2.13. The molecule has 0 spiro atoms. The van der Waals surface area contributed by atoms with Crippen LogP contribution in [0.15, 0.2) is 35.4 Å². The summed E-state index contributed by atoms with van der Waals surface area (Å²) in [7, 11) is 0. The summed E-state index contributed by atoms with van der Waals surface area (Å²) in [6, 6.07) is 9.66. The van der Waals surface area contributed by atoms with E-state index in [0.717, 1.165) is 5.56 Å². The molecule has 0 saturated heterocycles. The summed E-state index contributed by atoms with van der Waals surface area (Å²) in [4.78, 5) is 10.8. The Balaban J connectivity index is 2.23. The summed E-state index contributed by atoms with van der Waals surface area (Å²) in [5.41, 5.74) is 3.39. The molecule has 4 nitrogen and oxygen atoms in total. The second kappa shape index (κ2) is 3.26. The predicted octanol–water partition coefficient (Wildman–Crippen LogP) is 0.0676. The number of hydrogen-bond donors (Lipinski definition) is 2. The number of benzene rings is 1. The van der Waals surface area contributed by atoms with Gasteiger partial charge in [-0.15, -0.1) is 0 Å². The molecule has 13 heavy (non-hydrogen) atoms. The van der Waals surface area contributed by atoms with Crippen LogP contribution in [0, 0.1) is 0 Å².